The molecular weight excluding hydrogens is 432 g/mol. The Bertz CT molecular complexity index is 884. The van der Waals surface area contributed by atoms with Crippen LogP contribution in [0.15, 0.2) is 35.2 Å². The van der Waals surface area contributed by atoms with Crippen molar-refractivity contribution in [3.05, 3.63) is 35.9 Å². The van der Waals surface area contributed by atoms with Crippen molar-refractivity contribution >= 4 is 28.0 Å². The zero-order valence-electron chi connectivity index (χ0n) is 18.3. The summed E-state index contributed by atoms with van der Waals surface area (Å²) in [6, 6.07) is 6.43. The average molecular weight is 465 g/mol. The maximum atomic E-state index is 12.6. The number of nitrogens with zero attached hydrogens (tertiary/aromatic N) is 1. The molecule has 0 atom stereocenters. The standard InChI is InChI=1S/C23H32N2O6S/c26-22(24-20-6-4-2-1-3-5-7-20)18-31-23(27)13-10-19-8-11-21(12-9-19)32(28,29)25-14-16-30-17-15-25/h8-13,20H,1-7,14-18H2,(H,24,26). The molecule has 1 N–H and O–H groups in total. The predicted molar refractivity (Wildman–Crippen MR) is 120 cm³/mol. The van der Waals surface area contributed by atoms with Crippen molar-refractivity contribution in [2.24, 2.45) is 0 Å². The van der Waals surface area contributed by atoms with Crippen LogP contribution in [0.2, 0.25) is 0 Å². The van der Waals surface area contributed by atoms with Crippen LogP contribution in [0.5, 0.6) is 0 Å². The van der Waals surface area contributed by atoms with Crippen molar-refractivity contribution < 1.29 is 27.5 Å². The van der Waals surface area contributed by atoms with E-state index in [9.17, 15) is 18.0 Å². The van der Waals surface area contributed by atoms with Gasteiger partial charge in [-0.05, 0) is 36.6 Å². The summed E-state index contributed by atoms with van der Waals surface area (Å²) in [7, 11) is -3.55. The number of carbonyl (C=O) groups is 2. The van der Waals surface area contributed by atoms with Crippen LogP contribution in [0.25, 0.3) is 6.08 Å². The van der Waals surface area contributed by atoms with Crippen molar-refractivity contribution in [3.8, 4) is 0 Å². The van der Waals surface area contributed by atoms with Gasteiger partial charge in [0, 0.05) is 25.2 Å². The van der Waals surface area contributed by atoms with Crippen molar-refractivity contribution in [2.45, 2.75) is 55.9 Å². The van der Waals surface area contributed by atoms with Crippen LogP contribution in [0.1, 0.15) is 50.5 Å². The Morgan fingerprint density at radius 1 is 1.03 bits per heavy atom. The van der Waals surface area contributed by atoms with E-state index in [2.05, 4.69) is 5.32 Å². The molecule has 1 aliphatic heterocycles. The Kier molecular flexibility index (Phi) is 9.25. The lowest BCUT2D eigenvalue weighted by Crippen LogP contribution is -2.40. The maximum absolute atomic E-state index is 12.6. The van der Waals surface area contributed by atoms with Crippen LogP contribution in [0, 0.1) is 0 Å². The van der Waals surface area contributed by atoms with E-state index in [0.29, 0.717) is 31.9 Å². The van der Waals surface area contributed by atoms with Gasteiger partial charge in [0.1, 0.15) is 0 Å². The van der Waals surface area contributed by atoms with Crippen LogP contribution in [-0.2, 0) is 29.1 Å². The minimum absolute atomic E-state index is 0.157. The van der Waals surface area contributed by atoms with E-state index in [0.717, 1.165) is 25.7 Å². The van der Waals surface area contributed by atoms with Gasteiger partial charge < -0.3 is 14.8 Å². The van der Waals surface area contributed by atoms with Gasteiger partial charge in [0.25, 0.3) is 5.91 Å². The first kappa shape index (κ1) is 24.4. The van der Waals surface area contributed by atoms with Gasteiger partial charge in [-0.2, -0.15) is 4.31 Å². The fourth-order valence-corrected chi connectivity index (χ4v) is 5.31. The number of ether oxygens (including phenoxy) is 2. The highest BCUT2D eigenvalue weighted by molar-refractivity contribution is 7.89. The van der Waals surface area contributed by atoms with Crippen molar-refractivity contribution in [1.29, 1.82) is 0 Å². The number of nitrogens with one attached hydrogen (secondary N) is 1. The third kappa shape index (κ3) is 7.43. The van der Waals surface area contributed by atoms with Gasteiger partial charge in [0.05, 0.1) is 18.1 Å². The number of rotatable bonds is 7. The molecule has 0 radical (unpaired) electrons. The van der Waals surface area contributed by atoms with Gasteiger partial charge in [0.2, 0.25) is 10.0 Å². The molecule has 1 aromatic carbocycles. The van der Waals surface area contributed by atoms with Crippen LogP contribution < -0.4 is 5.32 Å². The Morgan fingerprint density at radius 2 is 1.66 bits per heavy atom. The van der Waals surface area contributed by atoms with Crippen LogP contribution in [0.3, 0.4) is 0 Å². The van der Waals surface area contributed by atoms with Gasteiger partial charge in [-0.25, -0.2) is 13.2 Å². The summed E-state index contributed by atoms with van der Waals surface area (Å²) in [6.45, 7) is 1.15. The summed E-state index contributed by atoms with van der Waals surface area (Å²) in [5, 5.41) is 2.95. The zero-order valence-corrected chi connectivity index (χ0v) is 19.1. The summed E-state index contributed by atoms with van der Waals surface area (Å²) in [5.41, 5.74) is 0.654. The second-order valence-corrected chi connectivity index (χ2v) is 10.1. The fraction of sp³-hybridized carbons (Fsp3) is 0.565. The van der Waals surface area contributed by atoms with E-state index in [4.69, 9.17) is 9.47 Å². The summed E-state index contributed by atoms with van der Waals surface area (Å²) in [4.78, 5) is 24.2. The van der Waals surface area contributed by atoms with Gasteiger partial charge >= 0.3 is 5.97 Å². The molecule has 8 nitrogen and oxygen atoms in total. The van der Waals surface area contributed by atoms with Crippen molar-refractivity contribution in [3.63, 3.8) is 0 Å². The number of hydrogen-bond acceptors (Lipinski definition) is 6. The Hall–Kier alpha value is -2.23. The average Bonchev–Trinajstić information content (AvgIpc) is 2.79. The number of benzene rings is 1. The highest BCUT2D eigenvalue weighted by atomic mass is 32.2. The lowest BCUT2D eigenvalue weighted by molar-refractivity contribution is -0.144. The van der Waals surface area contributed by atoms with Crippen LogP contribution >= 0.6 is 0 Å². The van der Waals surface area contributed by atoms with Gasteiger partial charge in [-0.1, -0.05) is 44.2 Å². The van der Waals surface area contributed by atoms with E-state index >= 15 is 0 Å². The van der Waals surface area contributed by atoms with Crippen LogP contribution in [0.4, 0.5) is 0 Å². The number of hydrogen-bond donors (Lipinski definition) is 1. The summed E-state index contributed by atoms with van der Waals surface area (Å²) >= 11 is 0. The topological polar surface area (TPSA) is 102 Å². The molecule has 0 unspecified atom stereocenters. The van der Waals surface area contributed by atoms with Gasteiger partial charge in [-0.15, -0.1) is 0 Å². The minimum Gasteiger partial charge on any atom is -0.452 e. The molecule has 3 rings (SSSR count). The molecule has 1 aromatic rings. The Morgan fingerprint density at radius 3 is 2.31 bits per heavy atom. The molecule has 0 spiro atoms. The molecule has 1 amide bonds. The molecule has 0 aromatic heterocycles. The molecule has 2 aliphatic rings. The van der Waals surface area contributed by atoms with Crippen molar-refractivity contribution in [2.75, 3.05) is 32.9 Å². The largest absolute Gasteiger partial charge is 0.452 e. The molecule has 1 saturated carbocycles. The summed E-state index contributed by atoms with van der Waals surface area (Å²) in [5.74, 6) is -0.905. The number of esters is 1. The first-order chi connectivity index (χ1) is 15.4. The monoisotopic (exact) mass is 464 g/mol. The first-order valence-corrected chi connectivity index (χ1v) is 12.7. The third-order valence-electron chi connectivity index (χ3n) is 5.72. The highest BCUT2D eigenvalue weighted by Gasteiger charge is 2.26. The molecule has 1 heterocycles. The summed E-state index contributed by atoms with van der Waals surface area (Å²) in [6.07, 6.45) is 10.6. The Labute approximate surface area is 190 Å². The molecule has 1 saturated heterocycles. The highest BCUT2D eigenvalue weighted by Crippen LogP contribution is 2.19. The normalized spacial score (nSPS) is 19.2. The third-order valence-corrected chi connectivity index (χ3v) is 7.63. The molecule has 0 bridgehead atoms. The second-order valence-electron chi connectivity index (χ2n) is 8.14. The molecule has 2 fully saturated rings. The van der Waals surface area contributed by atoms with E-state index in [1.165, 1.54) is 47.9 Å². The quantitative estimate of drug-likeness (QED) is 0.491. The molecular formula is C23H32N2O6S. The second kappa shape index (κ2) is 12.1. The number of sulfonamides is 1. The lowest BCUT2D eigenvalue weighted by Gasteiger charge is -2.26. The van der Waals surface area contributed by atoms with Crippen LogP contribution in [-0.4, -0.2) is 63.6 Å². The lowest BCUT2D eigenvalue weighted by atomic mass is 9.97. The maximum Gasteiger partial charge on any atom is 0.331 e. The molecule has 32 heavy (non-hydrogen) atoms. The van der Waals surface area contributed by atoms with E-state index in [-0.39, 0.29) is 23.5 Å². The molecule has 9 heteroatoms. The number of morpholine rings is 1. The number of carbonyl (C=O) groups excluding carboxylic acids is 2. The first-order valence-electron chi connectivity index (χ1n) is 11.3. The predicted octanol–water partition coefficient (Wildman–Crippen LogP) is 2.49. The van der Waals surface area contributed by atoms with Gasteiger partial charge in [-0.3, -0.25) is 4.79 Å². The van der Waals surface area contributed by atoms with E-state index in [1.54, 1.807) is 12.1 Å². The fourth-order valence-electron chi connectivity index (χ4n) is 3.91. The summed E-state index contributed by atoms with van der Waals surface area (Å²) < 4.78 is 36.9. The van der Waals surface area contributed by atoms with E-state index < -0.39 is 16.0 Å². The SMILES string of the molecule is O=C(COC(=O)C=Cc1ccc(S(=O)(=O)N2CCOCC2)cc1)NC1CCCCCCC1. The number of amides is 1. The van der Waals surface area contributed by atoms with E-state index in [1.807, 2.05) is 0 Å². The molecule has 176 valence electrons. The van der Waals surface area contributed by atoms with Crippen molar-refractivity contribution in [1.82, 2.24) is 9.62 Å². The Balaban J connectivity index is 1.45. The smallest absolute Gasteiger partial charge is 0.331 e. The zero-order chi connectivity index (χ0) is 22.8. The minimum atomic E-state index is -3.55. The molecule has 1 aliphatic carbocycles. The van der Waals surface area contributed by atoms with Gasteiger partial charge in [0.15, 0.2) is 6.61 Å².